The zero-order valence-corrected chi connectivity index (χ0v) is 49.1. The van der Waals surface area contributed by atoms with Crippen LogP contribution >= 0.6 is 7.82 Å². The van der Waals surface area contributed by atoms with Crippen molar-refractivity contribution < 1.29 is 32.9 Å². The number of allylic oxidation sites excluding steroid dienone is 3. The Morgan fingerprint density at radius 3 is 1.13 bits per heavy atom. The number of hydrogen-bond donors (Lipinski definition) is 3. The van der Waals surface area contributed by atoms with Crippen LogP contribution in [0, 0.1) is 0 Å². The Balaban J connectivity index is 4.17. The number of carbonyl (C=O) groups is 1. The van der Waals surface area contributed by atoms with Crippen LogP contribution in [-0.4, -0.2) is 73.4 Å². The average Bonchev–Trinajstić information content (AvgIpc) is 3.33. The number of aliphatic hydroxyl groups is 1. The molecule has 0 heterocycles. The highest BCUT2D eigenvalue weighted by atomic mass is 31.2. The zero-order chi connectivity index (χ0) is 52.0. The summed E-state index contributed by atoms with van der Waals surface area (Å²) in [6, 6.07) is -0.861. The van der Waals surface area contributed by atoms with Gasteiger partial charge in [0.05, 0.1) is 39.9 Å². The molecule has 0 saturated carbocycles. The SMILES string of the molecule is CCCCCCCCCCCCCCCCCCCCC/C=C/CC/C=C/C(O)C(COP(=O)(O)OCC[N+](C)(C)C)NC(=O)CCCCCCCCCCCCCCCCCCCCCCCCCC. The number of unbranched alkanes of at least 4 members (excludes halogenated alkanes) is 43. The fourth-order valence-electron chi connectivity index (χ4n) is 9.53. The first-order valence-electron chi connectivity index (χ1n) is 31.2. The van der Waals surface area contributed by atoms with E-state index in [1.54, 1.807) is 6.08 Å². The summed E-state index contributed by atoms with van der Waals surface area (Å²) >= 11 is 0. The Morgan fingerprint density at radius 2 is 0.775 bits per heavy atom. The molecule has 0 rings (SSSR count). The molecule has 0 bridgehead atoms. The van der Waals surface area contributed by atoms with Crippen molar-refractivity contribution in [2.45, 2.75) is 328 Å². The van der Waals surface area contributed by atoms with Crippen LogP contribution in [0.2, 0.25) is 0 Å². The van der Waals surface area contributed by atoms with Crippen molar-refractivity contribution in [3.05, 3.63) is 24.3 Å². The monoisotopic (exact) mass is 1020 g/mol. The molecule has 3 N–H and O–H groups in total. The number of nitrogens with zero attached hydrogens (tertiary/aromatic N) is 1. The highest BCUT2D eigenvalue weighted by Crippen LogP contribution is 2.43. The minimum absolute atomic E-state index is 0.0589. The van der Waals surface area contributed by atoms with E-state index < -0.39 is 20.0 Å². The van der Waals surface area contributed by atoms with Gasteiger partial charge in [-0.15, -0.1) is 0 Å². The molecule has 3 atom stereocenters. The number of phosphoric ester groups is 1. The summed E-state index contributed by atoms with van der Waals surface area (Å²) in [4.78, 5) is 23.3. The van der Waals surface area contributed by atoms with Gasteiger partial charge in [0.2, 0.25) is 5.91 Å². The summed E-state index contributed by atoms with van der Waals surface area (Å²) < 4.78 is 23.7. The molecule has 0 radical (unpaired) electrons. The molecule has 9 heteroatoms. The van der Waals surface area contributed by atoms with E-state index in [-0.39, 0.29) is 19.1 Å². The lowest BCUT2D eigenvalue weighted by molar-refractivity contribution is -0.870. The summed E-state index contributed by atoms with van der Waals surface area (Å²) in [7, 11) is 1.57. The molecule has 0 aliphatic heterocycles. The van der Waals surface area contributed by atoms with Gasteiger partial charge in [-0.1, -0.05) is 301 Å². The van der Waals surface area contributed by atoms with E-state index in [4.69, 9.17) is 9.05 Å². The number of aliphatic hydroxyl groups excluding tert-OH is 1. The molecule has 71 heavy (non-hydrogen) atoms. The molecule has 422 valence electrons. The Labute approximate surface area is 443 Å². The Hall–Kier alpha value is -1.02. The van der Waals surface area contributed by atoms with Crippen LogP contribution < -0.4 is 5.32 Å². The van der Waals surface area contributed by atoms with Crippen molar-refractivity contribution in [2.75, 3.05) is 40.9 Å². The smallest absolute Gasteiger partial charge is 0.387 e. The Morgan fingerprint density at radius 1 is 0.465 bits per heavy atom. The average molecular weight is 1020 g/mol. The van der Waals surface area contributed by atoms with E-state index in [1.165, 1.54) is 257 Å². The zero-order valence-electron chi connectivity index (χ0n) is 48.2. The quantitative estimate of drug-likeness (QED) is 0.0243. The predicted octanol–water partition coefficient (Wildman–Crippen LogP) is 19.2. The molecule has 0 aromatic rings. The van der Waals surface area contributed by atoms with Crippen LogP contribution in [0.25, 0.3) is 0 Å². The van der Waals surface area contributed by atoms with E-state index in [9.17, 15) is 19.4 Å². The van der Waals surface area contributed by atoms with E-state index in [0.717, 1.165) is 38.5 Å². The van der Waals surface area contributed by atoms with Gasteiger partial charge in [0.25, 0.3) is 0 Å². The fraction of sp³-hybridized carbons (Fsp3) is 0.919. The topological polar surface area (TPSA) is 105 Å². The number of nitrogens with one attached hydrogen (secondary N) is 1. The van der Waals surface area contributed by atoms with Gasteiger partial charge in [0.1, 0.15) is 13.2 Å². The normalized spacial score (nSPS) is 14.0. The number of likely N-dealkylation sites (N-methyl/N-ethyl adjacent to an activating group) is 1. The second-order valence-corrected chi connectivity index (χ2v) is 24.2. The van der Waals surface area contributed by atoms with Crippen molar-refractivity contribution in [2.24, 2.45) is 0 Å². The lowest BCUT2D eigenvalue weighted by atomic mass is 10.0. The molecule has 1 amide bonds. The summed E-state index contributed by atoms with van der Waals surface area (Å²) in [5.74, 6) is -0.179. The van der Waals surface area contributed by atoms with E-state index in [1.807, 2.05) is 27.2 Å². The highest BCUT2D eigenvalue weighted by Gasteiger charge is 2.27. The van der Waals surface area contributed by atoms with Crippen molar-refractivity contribution in [3.8, 4) is 0 Å². The van der Waals surface area contributed by atoms with Crippen LogP contribution in [-0.2, 0) is 18.4 Å². The molecule has 0 spiro atoms. The van der Waals surface area contributed by atoms with Gasteiger partial charge >= 0.3 is 7.82 Å². The molecule has 0 aliphatic rings. The third-order valence-corrected chi connectivity index (χ3v) is 15.4. The number of quaternary nitrogens is 1. The second kappa shape index (κ2) is 53.8. The molecule has 0 aromatic heterocycles. The number of amides is 1. The third-order valence-electron chi connectivity index (χ3n) is 14.4. The Bertz CT molecular complexity index is 1210. The summed E-state index contributed by atoms with van der Waals surface area (Å²) in [5.41, 5.74) is 0. The van der Waals surface area contributed by atoms with Gasteiger partial charge in [0.15, 0.2) is 0 Å². The van der Waals surface area contributed by atoms with Crippen LogP contribution in [0.4, 0.5) is 0 Å². The molecule has 0 fully saturated rings. The highest BCUT2D eigenvalue weighted by molar-refractivity contribution is 7.47. The van der Waals surface area contributed by atoms with E-state index >= 15 is 0 Å². The van der Waals surface area contributed by atoms with E-state index in [2.05, 4.69) is 31.3 Å². The molecule has 8 nitrogen and oxygen atoms in total. The number of carbonyl (C=O) groups excluding carboxylic acids is 1. The van der Waals surface area contributed by atoms with E-state index in [0.29, 0.717) is 17.4 Å². The van der Waals surface area contributed by atoms with Crippen LogP contribution in [0.1, 0.15) is 316 Å². The first kappa shape index (κ1) is 70.0. The maximum atomic E-state index is 13.0. The largest absolute Gasteiger partial charge is 0.472 e. The van der Waals surface area contributed by atoms with Crippen LogP contribution in [0.3, 0.4) is 0 Å². The first-order chi connectivity index (χ1) is 34.5. The standard InChI is InChI=1S/C62H123N2O6P/c1-6-8-10-12-14-16-18-20-22-24-26-28-30-32-33-35-37-39-41-43-45-47-49-51-53-55-61(65)60(59-70-71(67,68)69-58-57-64(3,4)5)63-62(66)56-54-52-50-48-46-44-42-40-38-36-34-31-29-27-25-23-21-19-17-15-13-11-9-7-2/h45,47,53,55,60-61,65H,6-44,46,48-52,54,56-59H2,1-5H3,(H-,63,66,67,68)/p+1/b47-45+,55-53+. The first-order valence-corrected chi connectivity index (χ1v) is 32.7. The Kier molecular flexibility index (Phi) is 53.0. The molecule has 3 unspecified atom stereocenters. The lowest BCUT2D eigenvalue weighted by Crippen LogP contribution is -2.45. The summed E-state index contributed by atoms with van der Waals surface area (Å²) in [6.45, 7) is 4.85. The second-order valence-electron chi connectivity index (χ2n) is 22.8. The number of phosphoric acid groups is 1. The van der Waals surface area contributed by atoms with Crippen molar-refractivity contribution in [3.63, 3.8) is 0 Å². The van der Waals surface area contributed by atoms with Gasteiger partial charge in [-0.05, 0) is 32.1 Å². The van der Waals surface area contributed by atoms with Crippen LogP contribution in [0.5, 0.6) is 0 Å². The molecule has 0 saturated heterocycles. The van der Waals surface area contributed by atoms with Crippen LogP contribution in [0.15, 0.2) is 24.3 Å². The molecular weight excluding hydrogens is 900 g/mol. The van der Waals surface area contributed by atoms with Crippen molar-refractivity contribution in [1.82, 2.24) is 5.32 Å². The molecule has 0 aliphatic carbocycles. The van der Waals surface area contributed by atoms with Gasteiger partial charge in [-0.2, -0.15) is 0 Å². The minimum atomic E-state index is -4.35. The minimum Gasteiger partial charge on any atom is -0.387 e. The van der Waals surface area contributed by atoms with Crippen molar-refractivity contribution in [1.29, 1.82) is 0 Å². The number of rotatable bonds is 58. The third kappa shape index (κ3) is 56.5. The van der Waals surface area contributed by atoms with Gasteiger partial charge in [-0.25, -0.2) is 4.57 Å². The maximum Gasteiger partial charge on any atom is 0.472 e. The van der Waals surface area contributed by atoms with Gasteiger partial charge in [-0.3, -0.25) is 13.8 Å². The maximum absolute atomic E-state index is 13.0. The fourth-order valence-corrected chi connectivity index (χ4v) is 10.3. The van der Waals surface area contributed by atoms with Gasteiger partial charge < -0.3 is 19.8 Å². The lowest BCUT2D eigenvalue weighted by Gasteiger charge is -2.25. The van der Waals surface area contributed by atoms with Crippen molar-refractivity contribution >= 4 is 13.7 Å². The summed E-state index contributed by atoms with van der Waals surface area (Å²) in [5, 5.41) is 14.0. The van der Waals surface area contributed by atoms with Gasteiger partial charge in [0, 0.05) is 6.42 Å². The summed E-state index contributed by atoms with van der Waals surface area (Å²) in [6.07, 6.45) is 68.7. The molecular formula is C62H124N2O6P+. The number of hydrogen-bond acceptors (Lipinski definition) is 5. The predicted molar refractivity (Wildman–Crippen MR) is 309 cm³/mol. The molecule has 0 aromatic carbocycles.